The molecular weight excluding hydrogens is 468 g/mol. The minimum Gasteiger partial charge on any atom is -0.499 e. The van der Waals surface area contributed by atoms with Crippen LogP contribution in [-0.4, -0.2) is 66.1 Å². The summed E-state index contributed by atoms with van der Waals surface area (Å²) in [6, 6.07) is 31.0. The molecule has 0 fully saturated rings. The van der Waals surface area contributed by atoms with Gasteiger partial charge in [-0.25, -0.2) is 0 Å². The molecule has 0 bridgehead atoms. The molecule has 3 aromatic rings. The summed E-state index contributed by atoms with van der Waals surface area (Å²) >= 11 is 0. The lowest BCUT2D eigenvalue weighted by Gasteiger charge is -2.36. The van der Waals surface area contributed by atoms with Crippen molar-refractivity contribution in [2.75, 3.05) is 66.1 Å². The number of ether oxygens (including phenoxy) is 6. The van der Waals surface area contributed by atoms with Crippen LogP contribution in [0.15, 0.2) is 104 Å². The molecular formula is C31H38O6. The Labute approximate surface area is 220 Å². The highest BCUT2D eigenvalue weighted by molar-refractivity contribution is 5.47. The first kappa shape index (κ1) is 28.6. The Morgan fingerprint density at radius 3 is 1.14 bits per heavy atom. The Balaban J connectivity index is 1.41. The van der Waals surface area contributed by atoms with Gasteiger partial charge in [0.15, 0.2) is 0 Å². The van der Waals surface area contributed by atoms with E-state index in [1.165, 1.54) is 6.26 Å². The van der Waals surface area contributed by atoms with Crippen molar-refractivity contribution in [2.24, 2.45) is 0 Å². The zero-order valence-corrected chi connectivity index (χ0v) is 21.5. The molecule has 6 nitrogen and oxygen atoms in total. The van der Waals surface area contributed by atoms with Crippen molar-refractivity contribution >= 4 is 0 Å². The van der Waals surface area contributed by atoms with Crippen LogP contribution in [0.2, 0.25) is 0 Å². The van der Waals surface area contributed by atoms with E-state index in [0.29, 0.717) is 66.1 Å². The molecule has 0 heterocycles. The standard InChI is InChI=1S/C31H38O6/c1-2-32-18-19-33-20-21-34-22-23-35-24-25-36-26-27-37-31(28-12-6-3-7-13-28,29-14-8-4-9-15-29)30-16-10-5-11-17-30/h2-17H,1,18-27H2. The van der Waals surface area contributed by atoms with E-state index >= 15 is 0 Å². The zero-order chi connectivity index (χ0) is 25.9. The van der Waals surface area contributed by atoms with Gasteiger partial charge in [0.05, 0.1) is 65.7 Å². The normalized spacial score (nSPS) is 11.4. The lowest BCUT2D eigenvalue weighted by Crippen LogP contribution is -2.34. The Morgan fingerprint density at radius 1 is 0.459 bits per heavy atom. The summed E-state index contributed by atoms with van der Waals surface area (Å²) in [5, 5.41) is 0. The van der Waals surface area contributed by atoms with Crippen molar-refractivity contribution in [3.63, 3.8) is 0 Å². The van der Waals surface area contributed by atoms with Gasteiger partial charge >= 0.3 is 0 Å². The number of rotatable bonds is 20. The molecule has 0 aliphatic carbocycles. The molecule has 0 aromatic heterocycles. The van der Waals surface area contributed by atoms with Crippen LogP contribution in [0.1, 0.15) is 16.7 Å². The quantitative estimate of drug-likeness (QED) is 0.119. The first-order chi connectivity index (χ1) is 18.4. The molecule has 0 atom stereocenters. The van der Waals surface area contributed by atoms with Gasteiger partial charge < -0.3 is 28.4 Å². The first-order valence-corrected chi connectivity index (χ1v) is 12.7. The van der Waals surface area contributed by atoms with E-state index in [9.17, 15) is 0 Å². The lowest BCUT2D eigenvalue weighted by atomic mass is 9.80. The Bertz CT molecular complexity index is 868. The first-order valence-electron chi connectivity index (χ1n) is 12.7. The summed E-state index contributed by atoms with van der Waals surface area (Å²) in [7, 11) is 0. The fraction of sp³-hybridized carbons (Fsp3) is 0.355. The van der Waals surface area contributed by atoms with Gasteiger partial charge in [-0.1, -0.05) is 97.6 Å². The van der Waals surface area contributed by atoms with Gasteiger partial charge in [-0.3, -0.25) is 0 Å². The lowest BCUT2D eigenvalue weighted by molar-refractivity contribution is -0.0387. The van der Waals surface area contributed by atoms with E-state index in [0.717, 1.165) is 16.7 Å². The molecule has 6 heteroatoms. The molecule has 198 valence electrons. The summed E-state index contributed by atoms with van der Waals surface area (Å²) in [6.45, 7) is 8.47. The van der Waals surface area contributed by atoms with E-state index in [4.69, 9.17) is 28.4 Å². The van der Waals surface area contributed by atoms with Crippen LogP contribution in [0.5, 0.6) is 0 Å². The topological polar surface area (TPSA) is 55.4 Å². The third-order valence-corrected chi connectivity index (χ3v) is 5.67. The van der Waals surface area contributed by atoms with E-state index in [1.807, 2.05) is 54.6 Å². The third-order valence-electron chi connectivity index (χ3n) is 5.67. The van der Waals surface area contributed by atoms with Crippen molar-refractivity contribution in [2.45, 2.75) is 5.60 Å². The second kappa shape index (κ2) is 17.5. The van der Waals surface area contributed by atoms with Gasteiger partial charge in [-0.15, -0.1) is 0 Å². The van der Waals surface area contributed by atoms with Gasteiger partial charge in [0.1, 0.15) is 12.2 Å². The average Bonchev–Trinajstić information content (AvgIpc) is 2.96. The van der Waals surface area contributed by atoms with Crippen molar-refractivity contribution < 1.29 is 28.4 Å². The van der Waals surface area contributed by atoms with Crippen LogP contribution in [0.3, 0.4) is 0 Å². The fourth-order valence-corrected chi connectivity index (χ4v) is 3.97. The van der Waals surface area contributed by atoms with Gasteiger partial charge in [0.25, 0.3) is 0 Å². The molecule has 0 unspecified atom stereocenters. The maximum absolute atomic E-state index is 6.69. The van der Waals surface area contributed by atoms with Crippen molar-refractivity contribution in [3.05, 3.63) is 121 Å². The molecule has 0 N–H and O–H groups in total. The predicted molar refractivity (Wildman–Crippen MR) is 145 cm³/mol. The fourth-order valence-electron chi connectivity index (χ4n) is 3.97. The van der Waals surface area contributed by atoms with Crippen LogP contribution >= 0.6 is 0 Å². The molecule has 3 rings (SSSR count). The van der Waals surface area contributed by atoms with E-state index < -0.39 is 5.60 Å². The average molecular weight is 507 g/mol. The minimum atomic E-state index is -0.733. The number of benzene rings is 3. The SMILES string of the molecule is C=COCCOCCOCCOCCOCCOC(c1ccccc1)(c1ccccc1)c1ccccc1. The van der Waals surface area contributed by atoms with E-state index in [2.05, 4.69) is 43.0 Å². The summed E-state index contributed by atoms with van der Waals surface area (Å²) in [5.41, 5.74) is 2.49. The predicted octanol–water partition coefficient (Wildman–Crippen LogP) is 5.22. The highest BCUT2D eigenvalue weighted by Gasteiger charge is 2.37. The Hall–Kier alpha value is -3.00. The highest BCUT2D eigenvalue weighted by atomic mass is 16.6. The molecule has 3 aromatic carbocycles. The van der Waals surface area contributed by atoms with Gasteiger partial charge in [0, 0.05) is 0 Å². The Kier molecular flexibility index (Phi) is 13.5. The largest absolute Gasteiger partial charge is 0.499 e. The monoisotopic (exact) mass is 506 g/mol. The molecule has 0 aliphatic heterocycles. The van der Waals surface area contributed by atoms with E-state index in [1.54, 1.807) is 0 Å². The molecule has 0 saturated heterocycles. The van der Waals surface area contributed by atoms with Gasteiger partial charge in [-0.05, 0) is 16.7 Å². The van der Waals surface area contributed by atoms with Crippen LogP contribution in [0.4, 0.5) is 0 Å². The smallest absolute Gasteiger partial charge is 0.143 e. The van der Waals surface area contributed by atoms with E-state index in [-0.39, 0.29) is 0 Å². The van der Waals surface area contributed by atoms with Crippen molar-refractivity contribution in [1.29, 1.82) is 0 Å². The third kappa shape index (κ3) is 9.43. The van der Waals surface area contributed by atoms with Crippen molar-refractivity contribution in [3.8, 4) is 0 Å². The van der Waals surface area contributed by atoms with Crippen LogP contribution in [0, 0.1) is 0 Å². The summed E-state index contributed by atoms with van der Waals surface area (Å²) < 4.78 is 33.9. The van der Waals surface area contributed by atoms with Crippen LogP contribution < -0.4 is 0 Å². The van der Waals surface area contributed by atoms with Crippen molar-refractivity contribution in [1.82, 2.24) is 0 Å². The molecule has 0 spiro atoms. The van der Waals surface area contributed by atoms with Gasteiger partial charge in [0.2, 0.25) is 0 Å². The molecule has 37 heavy (non-hydrogen) atoms. The maximum Gasteiger partial charge on any atom is 0.143 e. The number of hydrogen-bond acceptors (Lipinski definition) is 6. The number of hydrogen-bond donors (Lipinski definition) is 0. The second-order valence-electron chi connectivity index (χ2n) is 8.11. The maximum atomic E-state index is 6.69. The summed E-state index contributed by atoms with van der Waals surface area (Å²) in [4.78, 5) is 0. The molecule has 0 amide bonds. The van der Waals surface area contributed by atoms with Crippen LogP contribution in [0.25, 0.3) is 0 Å². The zero-order valence-electron chi connectivity index (χ0n) is 21.5. The Morgan fingerprint density at radius 2 is 0.784 bits per heavy atom. The minimum absolute atomic E-state index is 0.430. The summed E-state index contributed by atoms with van der Waals surface area (Å²) in [6.07, 6.45) is 1.40. The molecule has 0 aliphatic rings. The molecule has 0 saturated carbocycles. The van der Waals surface area contributed by atoms with Crippen LogP contribution in [-0.2, 0) is 34.0 Å². The molecule has 0 radical (unpaired) electrons. The second-order valence-corrected chi connectivity index (χ2v) is 8.11. The highest BCUT2D eigenvalue weighted by Crippen LogP contribution is 2.40. The van der Waals surface area contributed by atoms with Gasteiger partial charge in [-0.2, -0.15) is 0 Å². The summed E-state index contributed by atoms with van der Waals surface area (Å²) in [5.74, 6) is 0.